The highest BCUT2D eigenvalue weighted by atomic mass is 16.3. The first-order valence-electron chi connectivity index (χ1n) is 5.39. The van der Waals surface area contributed by atoms with Crippen LogP contribution in [0.5, 0.6) is 0 Å². The fraction of sp³-hybridized carbons (Fsp3) is 0.778. The third-order valence-corrected chi connectivity index (χ3v) is 2.82. The molecule has 0 radical (unpaired) electrons. The molecule has 1 amide bonds. The van der Waals surface area contributed by atoms with Crippen LogP contribution >= 0.6 is 0 Å². The number of piperidine rings is 1. The van der Waals surface area contributed by atoms with Gasteiger partial charge in [0.1, 0.15) is 12.9 Å². The highest BCUT2D eigenvalue weighted by Gasteiger charge is 2.23. The number of rotatable bonds is 3. The van der Waals surface area contributed by atoms with E-state index in [-0.39, 0.29) is 25.0 Å². The molecule has 16 heavy (non-hydrogen) atoms. The van der Waals surface area contributed by atoms with Crippen molar-refractivity contribution in [3.63, 3.8) is 0 Å². The molecule has 1 atom stereocenters. The molecule has 2 heterocycles. The Morgan fingerprint density at radius 3 is 3.12 bits per heavy atom. The van der Waals surface area contributed by atoms with Crippen molar-refractivity contribution >= 4 is 5.91 Å². The Hall–Kier alpha value is -1.50. The van der Waals surface area contributed by atoms with Gasteiger partial charge in [0.05, 0.1) is 0 Å². The summed E-state index contributed by atoms with van der Waals surface area (Å²) in [6, 6.07) is 0. The van der Waals surface area contributed by atoms with Gasteiger partial charge in [0.25, 0.3) is 0 Å². The molecule has 1 aliphatic heterocycles. The Kier molecular flexibility index (Phi) is 3.45. The van der Waals surface area contributed by atoms with Crippen LogP contribution in [0, 0.1) is 5.92 Å². The van der Waals surface area contributed by atoms with E-state index in [9.17, 15) is 4.79 Å². The molecule has 1 N–H and O–H groups in total. The van der Waals surface area contributed by atoms with E-state index in [0.29, 0.717) is 6.54 Å². The summed E-state index contributed by atoms with van der Waals surface area (Å²) in [5.41, 5.74) is 0. The Morgan fingerprint density at radius 2 is 2.44 bits per heavy atom. The Balaban J connectivity index is 1.89. The van der Waals surface area contributed by atoms with E-state index in [1.807, 2.05) is 0 Å². The zero-order chi connectivity index (χ0) is 11.4. The van der Waals surface area contributed by atoms with E-state index in [2.05, 4.69) is 15.5 Å². The summed E-state index contributed by atoms with van der Waals surface area (Å²) in [7, 11) is 0. The fourth-order valence-corrected chi connectivity index (χ4v) is 1.93. The number of amides is 1. The van der Waals surface area contributed by atoms with Crippen LogP contribution in [0.4, 0.5) is 0 Å². The smallest absolute Gasteiger partial charge is 0.244 e. The summed E-state index contributed by atoms with van der Waals surface area (Å²) >= 11 is 0. The van der Waals surface area contributed by atoms with Crippen molar-refractivity contribution in [3.8, 4) is 0 Å². The summed E-state index contributed by atoms with van der Waals surface area (Å²) < 4.78 is 1.41. The van der Waals surface area contributed by atoms with Crippen LogP contribution in [0.3, 0.4) is 0 Å². The molecule has 0 aliphatic carbocycles. The molecule has 7 nitrogen and oxygen atoms in total. The van der Waals surface area contributed by atoms with Crippen molar-refractivity contribution in [2.75, 3.05) is 19.7 Å². The van der Waals surface area contributed by atoms with E-state index in [0.717, 1.165) is 19.4 Å². The van der Waals surface area contributed by atoms with Gasteiger partial charge in [0, 0.05) is 19.7 Å². The van der Waals surface area contributed by atoms with Crippen LogP contribution in [-0.4, -0.2) is 55.8 Å². The SMILES string of the molecule is O=C(Cn1cnnn1)N1CCC[C@@H](CO)C1. The second-order valence-corrected chi connectivity index (χ2v) is 4.04. The maximum atomic E-state index is 11.9. The number of likely N-dealkylation sites (tertiary alicyclic amines) is 1. The van der Waals surface area contributed by atoms with Gasteiger partial charge in [0.2, 0.25) is 5.91 Å². The number of tetrazole rings is 1. The maximum absolute atomic E-state index is 11.9. The lowest BCUT2D eigenvalue weighted by atomic mass is 9.99. The lowest BCUT2D eigenvalue weighted by molar-refractivity contribution is -0.134. The molecule has 1 saturated heterocycles. The minimum Gasteiger partial charge on any atom is -0.396 e. The van der Waals surface area contributed by atoms with E-state index in [4.69, 9.17) is 5.11 Å². The van der Waals surface area contributed by atoms with E-state index in [1.165, 1.54) is 11.0 Å². The van der Waals surface area contributed by atoms with Gasteiger partial charge in [-0.15, -0.1) is 5.10 Å². The number of carbonyl (C=O) groups is 1. The topological polar surface area (TPSA) is 84.1 Å². The minimum atomic E-state index is 0.00505. The molecule has 1 aromatic rings. The van der Waals surface area contributed by atoms with Gasteiger partial charge < -0.3 is 10.0 Å². The van der Waals surface area contributed by atoms with Crippen molar-refractivity contribution in [2.24, 2.45) is 5.92 Å². The van der Waals surface area contributed by atoms with Gasteiger partial charge in [-0.1, -0.05) is 0 Å². The Morgan fingerprint density at radius 1 is 1.56 bits per heavy atom. The summed E-state index contributed by atoms with van der Waals surface area (Å²) in [5, 5.41) is 19.7. The van der Waals surface area contributed by atoms with E-state index < -0.39 is 0 Å². The molecule has 0 saturated carbocycles. The first kappa shape index (κ1) is 11.0. The van der Waals surface area contributed by atoms with Gasteiger partial charge >= 0.3 is 0 Å². The van der Waals surface area contributed by atoms with Crippen LogP contribution in [0.25, 0.3) is 0 Å². The summed E-state index contributed by atoms with van der Waals surface area (Å²) in [6.07, 6.45) is 3.36. The molecule has 1 fully saturated rings. The Bertz CT molecular complexity index is 340. The summed E-state index contributed by atoms with van der Waals surface area (Å²) in [4.78, 5) is 13.6. The first-order valence-corrected chi connectivity index (χ1v) is 5.39. The predicted molar refractivity (Wildman–Crippen MR) is 54.2 cm³/mol. The first-order chi connectivity index (χ1) is 7.79. The van der Waals surface area contributed by atoms with Gasteiger partial charge in [-0.2, -0.15) is 0 Å². The molecule has 7 heteroatoms. The molecule has 2 rings (SSSR count). The van der Waals surface area contributed by atoms with Crippen molar-refractivity contribution in [1.29, 1.82) is 0 Å². The molecule has 1 aromatic heterocycles. The minimum absolute atomic E-state index is 0.00505. The van der Waals surface area contributed by atoms with Gasteiger partial charge in [-0.05, 0) is 29.2 Å². The van der Waals surface area contributed by atoms with Gasteiger partial charge in [0.15, 0.2) is 0 Å². The second-order valence-electron chi connectivity index (χ2n) is 4.04. The largest absolute Gasteiger partial charge is 0.396 e. The number of hydrogen-bond acceptors (Lipinski definition) is 5. The third kappa shape index (κ3) is 2.54. The molecule has 1 aliphatic rings. The van der Waals surface area contributed by atoms with E-state index >= 15 is 0 Å². The second kappa shape index (κ2) is 5.02. The lowest BCUT2D eigenvalue weighted by Crippen LogP contribution is -2.42. The van der Waals surface area contributed by atoms with Crippen molar-refractivity contribution in [3.05, 3.63) is 6.33 Å². The molecule has 88 valence electrons. The van der Waals surface area contributed by atoms with Gasteiger partial charge in [-0.3, -0.25) is 4.79 Å². The van der Waals surface area contributed by atoms with Crippen LogP contribution in [0.15, 0.2) is 6.33 Å². The number of hydrogen-bond donors (Lipinski definition) is 1. The number of aromatic nitrogens is 4. The standard InChI is InChI=1S/C9H15N5O2/c15-6-8-2-1-3-13(4-8)9(16)5-14-7-10-11-12-14/h7-8,15H,1-6H2/t8-/m1/s1. The molecule has 0 unspecified atom stereocenters. The average Bonchev–Trinajstić information content (AvgIpc) is 2.82. The maximum Gasteiger partial charge on any atom is 0.244 e. The number of carbonyl (C=O) groups excluding carboxylic acids is 1. The molecular formula is C9H15N5O2. The van der Waals surface area contributed by atoms with Crippen molar-refractivity contribution in [2.45, 2.75) is 19.4 Å². The van der Waals surface area contributed by atoms with Gasteiger partial charge in [-0.25, -0.2) is 4.68 Å². The zero-order valence-electron chi connectivity index (χ0n) is 8.99. The van der Waals surface area contributed by atoms with Crippen LogP contribution in [0.2, 0.25) is 0 Å². The van der Waals surface area contributed by atoms with Crippen molar-refractivity contribution in [1.82, 2.24) is 25.1 Å². The van der Waals surface area contributed by atoms with Crippen LogP contribution < -0.4 is 0 Å². The summed E-state index contributed by atoms with van der Waals surface area (Å²) in [6.45, 7) is 1.72. The zero-order valence-corrected chi connectivity index (χ0v) is 8.99. The summed E-state index contributed by atoms with van der Waals surface area (Å²) in [5.74, 6) is 0.219. The van der Waals surface area contributed by atoms with E-state index in [1.54, 1.807) is 4.90 Å². The fourth-order valence-electron chi connectivity index (χ4n) is 1.93. The Labute approximate surface area is 93.0 Å². The highest BCUT2D eigenvalue weighted by Crippen LogP contribution is 2.15. The molecule has 0 aromatic carbocycles. The van der Waals surface area contributed by atoms with Crippen LogP contribution in [0.1, 0.15) is 12.8 Å². The monoisotopic (exact) mass is 225 g/mol. The van der Waals surface area contributed by atoms with Crippen molar-refractivity contribution < 1.29 is 9.90 Å². The number of aliphatic hydroxyl groups is 1. The quantitative estimate of drug-likeness (QED) is 0.706. The highest BCUT2D eigenvalue weighted by molar-refractivity contribution is 5.75. The lowest BCUT2D eigenvalue weighted by Gasteiger charge is -2.31. The predicted octanol–water partition coefficient (Wildman–Crippen LogP) is -1.10. The van der Waals surface area contributed by atoms with Crippen LogP contribution in [-0.2, 0) is 11.3 Å². The third-order valence-electron chi connectivity index (χ3n) is 2.82. The molecular weight excluding hydrogens is 210 g/mol. The molecule has 0 bridgehead atoms. The number of nitrogens with zero attached hydrogens (tertiary/aromatic N) is 5. The normalized spacial score (nSPS) is 21.1. The number of aliphatic hydroxyl groups excluding tert-OH is 1. The molecule has 0 spiro atoms. The average molecular weight is 225 g/mol.